The van der Waals surface area contributed by atoms with E-state index in [0.717, 1.165) is 0 Å². The molecule has 2 aromatic carbocycles. The maximum absolute atomic E-state index is 4.04. The van der Waals surface area contributed by atoms with Gasteiger partial charge in [-0.05, 0) is 118 Å². The van der Waals surface area contributed by atoms with Crippen molar-refractivity contribution in [2.75, 3.05) is 0 Å². The average Bonchev–Trinajstić information content (AvgIpc) is 2.79. The molecule has 0 spiro atoms. The van der Waals surface area contributed by atoms with Crippen LogP contribution in [0.4, 0.5) is 0 Å². The predicted octanol–water partition coefficient (Wildman–Crippen LogP) is 11.9. The zero-order valence-corrected chi connectivity index (χ0v) is 27.8. The van der Waals surface area contributed by atoms with Crippen molar-refractivity contribution in [3.63, 3.8) is 0 Å². The Balaban J connectivity index is 3.06. The molecule has 0 heterocycles. The highest BCUT2D eigenvalue weighted by molar-refractivity contribution is 5.75. The Morgan fingerprint density at radius 1 is 0.474 bits per heavy atom. The molecule has 0 aliphatic heterocycles. The summed E-state index contributed by atoms with van der Waals surface area (Å²) in [5.74, 6) is 0. The van der Waals surface area contributed by atoms with Crippen molar-refractivity contribution in [2.24, 2.45) is 0 Å². The van der Waals surface area contributed by atoms with Gasteiger partial charge in [0.1, 0.15) is 0 Å². The smallest absolute Gasteiger partial charge is 0.00553 e. The van der Waals surface area contributed by atoms with Crippen molar-refractivity contribution >= 4 is 0 Å². The first kappa shape index (κ1) is 32.7. The van der Waals surface area contributed by atoms with Crippen LogP contribution < -0.4 is 0 Å². The van der Waals surface area contributed by atoms with Crippen LogP contribution in [0.1, 0.15) is 168 Å². The van der Waals surface area contributed by atoms with Gasteiger partial charge in [0.15, 0.2) is 0 Å². The van der Waals surface area contributed by atoms with Crippen LogP contribution in [0.25, 0.3) is 11.1 Å². The Bertz CT molecular complexity index is 986. The fourth-order valence-electron chi connectivity index (χ4n) is 6.98. The second-order valence-electron chi connectivity index (χ2n) is 14.7. The number of hydrogen-bond acceptors (Lipinski definition) is 0. The Morgan fingerprint density at radius 3 is 1.00 bits per heavy atom. The van der Waals surface area contributed by atoms with E-state index in [1.54, 1.807) is 0 Å². The molecule has 0 nitrogen and oxygen atoms in total. The van der Waals surface area contributed by atoms with Crippen LogP contribution in [0.2, 0.25) is 0 Å². The van der Waals surface area contributed by atoms with Crippen molar-refractivity contribution in [3.05, 3.63) is 57.6 Å². The predicted molar refractivity (Wildman–Crippen MR) is 171 cm³/mol. The number of hydrogen-bond donors (Lipinski definition) is 0. The van der Waals surface area contributed by atoms with Crippen molar-refractivity contribution < 1.29 is 0 Å². The Hall–Kier alpha value is -1.56. The fraction of sp³-hybridized carbons (Fsp3) is 0.684. The summed E-state index contributed by atoms with van der Waals surface area (Å²) in [6, 6.07) is 13.1. The number of rotatable bonds is 13. The third-order valence-electron chi connectivity index (χ3n) is 9.32. The first-order chi connectivity index (χ1) is 17.5. The lowest BCUT2D eigenvalue weighted by atomic mass is 9.69. The minimum absolute atomic E-state index is 0.0888. The van der Waals surface area contributed by atoms with Gasteiger partial charge in [-0.25, -0.2) is 0 Å². The maximum Gasteiger partial charge on any atom is -0.00553 e. The van der Waals surface area contributed by atoms with Crippen LogP contribution in [0.15, 0.2) is 12.1 Å². The Labute approximate surface area is 238 Å². The highest BCUT2D eigenvalue weighted by Gasteiger charge is 2.32. The summed E-state index contributed by atoms with van der Waals surface area (Å²) in [5, 5.41) is 0. The van der Waals surface area contributed by atoms with E-state index in [0.29, 0.717) is 0 Å². The van der Waals surface area contributed by atoms with E-state index in [2.05, 4.69) is 121 Å². The molecular weight excluding hydrogens is 456 g/mol. The van der Waals surface area contributed by atoms with E-state index in [1.165, 1.54) is 95.9 Å². The SMILES string of the molecule is CCCC(C)(C)c1[c]c(-c2[c]c(C(C)(C)CCC)cc(C(C)(C)CCC)c2C)c(C)c(C(C)(C)CCC)c1. The Morgan fingerprint density at radius 2 is 0.737 bits per heavy atom. The number of benzene rings is 2. The Kier molecular flexibility index (Phi) is 10.6. The van der Waals surface area contributed by atoms with Gasteiger partial charge in [0.2, 0.25) is 0 Å². The highest BCUT2D eigenvalue weighted by Crippen LogP contribution is 2.44. The summed E-state index contributed by atoms with van der Waals surface area (Å²) in [7, 11) is 0. The maximum atomic E-state index is 4.04. The molecule has 212 valence electrons. The molecule has 0 aromatic heterocycles. The summed E-state index contributed by atoms with van der Waals surface area (Å²) < 4.78 is 0. The van der Waals surface area contributed by atoms with E-state index >= 15 is 0 Å². The summed E-state index contributed by atoms with van der Waals surface area (Å²) in [5.41, 5.74) is 11.5. The molecule has 2 aromatic rings. The second-order valence-corrected chi connectivity index (χ2v) is 14.7. The largest absolute Gasteiger partial charge is 0.0654 e. The molecule has 0 saturated carbocycles. The van der Waals surface area contributed by atoms with Crippen LogP contribution in [-0.2, 0) is 21.7 Å². The minimum Gasteiger partial charge on any atom is -0.0654 e. The second kappa shape index (κ2) is 12.3. The van der Waals surface area contributed by atoms with Gasteiger partial charge in [-0.1, -0.05) is 121 Å². The molecule has 0 heteroatoms. The molecule has 38 heavy (non-hydrogen) atoms. The molecule has 0 aliphatic carbocycles. The summed E-state index contributed by atoms with van der Waals surface area (Å²) in [4.78, 5) is 0. The normalized spacial score (nSPS) is 13.3. The van der Waals surface area contributed by atoms with Gasteiger partial charge in [-0.15, -0.1) is 0 Å². The van der Waals surface area contributed by atoms with E-state index < -0.39 is 0 Å². The zero-order valence-electron chi connectivity index (χ0n) is 27.8. The average molecular weight is 517 g/mol. The van der Waals surface area contributed by atoms with Gasteiger partial charge >= 0.3 is 0 Å². The van der Waals surface area contributed by atoms with Crippen LogP contribution in [0.3, 0.4) is 0 Å². The molecule has 0 unspecified atom stereocenters. The van der Waals surface area contributed by atoms with Gasteiger partial charge in [0, 0.05) is 0 Å². The third-order valence-corrected chi connectivity index (χ3v) is 9.32. The molecular formula is C38H60. The third kappa shape index (κ3) is 6.95. The van der Waals surface area contributed by atoms with Gasteiger partial charge in [0.25, 0.3) is 0 Å². The summed E-state index contributed by atoms with van der Waals surface area (Å²) in [6.07, 6.45) is 9.45. The van der Waals surface area contributed by atoms with E-state index in [-0.39, 0.29) is 21.7 Å². The van der Waals surface area contributed by atoms with Gasteiger partial charge in [0.05, 0.1) is 0 Å². The zero-order chi connectivity index (χ0) is 29.1. The van der Waals surface area contributed by atoms with E-state index in [9.17, 15) is 0 Å². The molecule has 2 rings (SSSR count). The molecule has 0 N–H and O–H groups in total. The summed E-state index contributed by atoms with van der Waals surface area (Å²) in [6.45, 7) is 33.3. The lowest BCUT2D eigenvalue weighted by Gasteiger charge is -2.35. The van der Waals surface area contributed by atoms with Crippen molar-refractivity contribution in [2.45, 2.75) is 170 Å². The van der Waals surface area contributed by atoms with Gasteiger partial charge in [-0.3, -0.25) is 0 Å². The topological polar surface area (TPSA) is 0 Å². The van der Waals surface area contributed by atoms with Crippen LogP contribution in [0, 0.1) is 26.0 Å². The standard InChI is InChI=1S/C38H60/c1-15-19-35(7,8)29-23-31(27(5)33(25-29)37(11,12)21-17-3)32-24-30(36(9,10)20-16-2)26-34(28(32)6)38(13,14)22-18-4/h25-26H,15-22H2,1-14H3. The van der Waals surface area contributed by atoms with E-state index in [1.807, 2.05) is 0 Å². The summed E-state index contributed by atoms with van der Waals surface area (Å²) >= 11 is 0. The van der Waals surface area contributed by atoms with Crippen molar-refractivity contribution in [1.29, 1.82) is 0 Å². The van der Waals surface area contributed by atoms with Crippen molar-refractivity contribution in [1.82, 2.24) is 0 Å². The molecule has 0 bridgehead atoms. The first-order valence-corrected chi connectivity index (χ1v) is 15.6. The lowest BCUT2D eigenvalue weighted by Crippen LogP contribution is -2.24. The highest BCUT2D eigenvalue weighted by atomic mass is 14.4. The van der Waals surface area contributed by atoms with Crippen molar-refractivity contribution in [3.8, 4) is 11.1 Å². The molecule has 0 atom stereocenters. The lowest BCUT2D eigenvalue weighted by molar-refractivity contribution is 0.454. The van der Waals surface area contributed by atoms with Gasteiger partial charge in [-0.2, -0.15) is 0 Å². The van der Waals surface area contributed by atoms with Crippen LogP contribution >= 0.6 is 0 Å². The molecule has 0 aliphatic rings. The van der Waals surface area contributed by atoms with Crippen LogP contribution in [-0.4, -0.2) is 0 Å². The monoisotopic (exact) mass is 516 g/mol. The van der Waals surface area contributed by atoms with Gasteiger partial charge < -0.3 is 0 Å². The quantitative estimate of drug-likeness (QED) is 0.248. The molecule has 0 amide bonds. The first-order valence-electron chi connectivity index (χ1n) is 15.6. The van der Waals surface area contributed by atoms with Crippen LogP contribution in [0.5, 0.6) is 0 Å². The molecule has 0 saturated heterocycles. The molecule has 2 radical (unpaired) electrons. The van der Waals surface area contributed by atoms with E-state index in [4.69, 9.17) is 0 Å². The minimum atomic E-state index is 0.0888. The fourth-order valence-corrected chi connectivity index (χ4v) is 6.98. The molecule has 0 fully saturated rings.